The third-order valence-corrected chi connectivity index (χ3v) is 6.90. The molecule has 4 rings (SSSR count). The molecule has 0 aromatic carbocycles. The Hall–Kier alpha value is -1.99. The quantitative estimate of drug-likeness (QED) is 0.612. The van der Waals surface area contributed by atoms with Gasteiger partial charge >= 0.3 is 0 Å². The van der Waals surface area contributed by atoms with E-state index in [4.69, 9.17) is 5.21 Å². The van der Waals surface area contributed by atoms with Crippen molar-refractivity contribution in [1.29, 1.82) is 0 Å². The Labute approximate surface area is 166 Å². The highest BCUT2D eigenvalue weighted by Gasteiger charge is 2.42. The summed E-state index contributed by atoms with van der Waals surface area (Å²) in [5, 5.41) is 8.89. The molecule has 28 heavy (non-hydrogen) atoms. The molecule has 1 aromatic rings. The maximum Gasteiger partial charge on any atom is 0.276 e. The Bertz CT molecular complexity index is 754. The number of hydrogen-bond acceptors (Lipinski definition) is 5. The monoisotopic (exact) mass is 386 g/mol. The SMILES string of the molecule is CC[C@H]1Cc2ncc(C(=O)NO)cc2CN1CC1CC2CCC(C1)N2C(C)=O. The Morgan fingerprint density at radius 1 is 1.29 bits per heavy atom. The molecule has 4 heterocycles. The number of carbonyl (C=O) groups excluding carboxylic acids is 2. The molecule has 3 atom stereocenters. The molecule has 2 amide bonds. The fraction of sp³-hybridized carbons (Fsp3) is 0.667. The van der Waals surface area contributed by atoms with E-state index in [2.05, 4.69) is 21.7 Å². The Morgan fingerprint density at radius 3 is 2.61 bits per heavy atom. The summed E-state index contributed by atoms with van der Waals surface area (Å²) in [6, 6.07) is 3.15. The van der Waals surface area contributed by atoms with Gasteiger partial charge in [0.05, 0.1) is 5.56 Å². The first-order valence-corrected chi connectivity index (χ1v) is 10.4. The van der Waals surface area contributed by atoms with Crippen molar-refractivity contribution in [2.75, 3.05) is 6.54 Å². The number of fused-ring (bicyclic) bond motifs is 3. The molecule has 0 aliphatic carbocycles. The van der Waals surface area contributed by atoms with Gasteiger partial charge in [-0.15, -0.1) is 0 Å². The van der Waals surface area contributed by atoms with Gasteiger partial charge in [0.1, 0.15) is 0 Å². The van der Waals surface area contributed by atoms with Gasteiger partial charge in [0.25, 0.3) is 5.91 Å². The zero-order valence-corrected chi connectivity index (χ0v) is 16.7. The Balaban J connectivity index is 1.48. The molecule has 0 radical (unpaired) electrons. The van der Waals surface area contributed by atoms with Crippen molar-refractivity contribution in [2.24, 2.45) is 5.92 Å². The molecule has 7 heteroatoms. The van der Waals surface area contributed by atoms with Gasteiger partial charge in [-0.3, -0.25) is 24.7 Å². The molecule has 2 bridgehead atoms. The largest absolute Gasteiger partial charge is 0.337 e. The van der Waals surface area contributed by atoms with E-state index in [9.17, 15) is 9.59 Å². The van der Waals surface area contributed by atoms with Gasteiger partial charge in [0, 0.05) is 56.5 Å². The average molecular weight is 386 g/mol. The van der Waals surface area contributed by atoms with Crippen LogP contribution >= 0.6 is 0 Å². The third kappa shape index (κ3) is 3.53. The van der Waals surface area contributed by atoms with E-state index in [1.165, 1.54) is 0 Å². The lowest BCUT2D eigenvalue weighted by Crippen LogP contribution is -2.49. The van der Waals surface area contributed by atoms with Crippen LogP contribution in [0.15, 0.2) is 12.3 Å². The number of amides is 2. The second-order valence-corrected chi connectivity index (χ2v) is 8.62. The first kappa shape index (κ1) is 19.3. The van der Waals surface area contributed by atoms with E-state index in [0.717, 1.165) is 62.9 Å². The van der Waals surface area contributed by atoms with Crippen molar-refractivity contribution < 1.29 is 14.8 Å². The van der Waals surface area contributed by atoms with Crippen molar-refractivity contribution in [3.8, 4) is 0 Å². The number of rotatable bonds is 4. The minimum Gasteiger partial charge on any atom is -0.337 e. The molecule has 2 N–H and O–H groups in total. The van der Waals surface area contributed by atoms with Gasteiger partial charge in [-0.05, 0) is 49.7 Å². The molecule has 2 saturated heterocycles. The molecular weight excluding hydrogens is 356 g/mol. The fourth-order valence-electron chi connectivity index (χ4n) is 5.65. The molecule has 3 aliphatic heterocycles. The van der Waals surface area contributed by atoms with Crippen molar-refractivity contribution in [1.82, 2.24) is 20.3 Å². The van der Waals surface area contributed by atoms with Crippen molar-refractivity contribution in [2.45, 2.75) is 77.0 Å². The highest BCUT2D eigenvalue weighted by atomic mass is 16.5. The third-order valence-electron chi connectivity index (χ3n) is 6.90. The minimum absolute atomic E-state index is 0.227. The van der Waals surface area contributed by atoms with Crippen LogP contribution < -0.4 is 5.48 Å². The summed E-state index contributed by atoms with van der Waals surface area (Å²) in [5.41, 5.74) is 4.22. The fourth-order valence-corrected chi connectivity index (χ4v) is 5.65. The van der Waals surface area contributed by atoms with Gasteiger partial charge < -0.3 is 4.90 Å². The van der Waals surface area contributed by atoms with Crippen LogP contribution in [0.2, 0.25) is 0 Å². The molecule has 7 nitrogen and oxygen atoms in total. The zero-order chi connectivity index (χ0) is 19.8. The van der Waals surface area contributed by atoms with Gasteiger partial charge in [0.2, 0.25) is 5.91 Å². The lowest BCUT2D eigenvalue weighted by Gasteiger charge is -2.43. The number of nitrogens with one attached hydrogen (secondary N) is 1. The van der Waals surface area contributed by atoms with Crippen LogP contribution in [0.3, 0.4) is 0 Å². The first-order chi connectivity index (χ1) is 13.5. The smallest absolute Gasteiger partial charge is 0.276 e. The molecule has 152 valence electrons. The average Bonchev–Trinajstić information content (AvgIpc) is 2.97. The molecule has 2 fully saturated rings. The zero-order valence-electron chi connectivity index (χ0n) is 16.7. The van der Waals surface area contributed by atoms with Crippen molar-refractivity contribution >= 4 is 11.8 Å². The van der Waals surface area contributed by atoms with Gasteiger partial charge in [0.15, 0.2) is 0 Å². The summed E-state index contributed by atoms with van der Waals surface area (Å²) < 4.78 is 0. The van der Waals surface area contributed by atoms with Crippen molar-refractivity contribution in [3.63, 3.8) is 0 Å². The molecule has 0 saturated carbocycles. The number of pyridine rings is 1. The molecule has 2 unspecified atom stereocenters. The highest BCUT2D eigenvalue weighted by Crippen LogP contribution is 2.39. The first-order valence-electron chi connectivity index (χ1n) is 10.4. The summed E-state index contributed by atoms with van der Waals surface area (Å²) in [7, 11) is 0. The number of hydrogen-bond donors (Lipinski definition) is 2. The van der Waals surface area contributed by atoms with Gasteiger partial charge in [-0.25, -0.2) is 5.48 Å². The second kappa shape index (κ2) is 7.79. The minimum atomic E-state index is -0.521. The molecule has 1 aromatic heterocycles. The van der Waals surface area contributed by atoms with Crippen LogP contribution in [0.4, 0.5) is 0 Å². The van der Waals surface area contributed by atoms with Crippen LogP contribution in [-0.4, -0.2) is 56.5 Å². The maximum absolute atomic E-state index is 12.0. The lowest BCUT2D eigenvalue weighted by atomic mass is 9.88. The maximum atomic E-state index is 12.0. The van der Waals surface area contributed by atoms with E-state index in [1.54, 1.807) is 18.6 Å². The van der Waals surface area contributed by atoms with Crippen LogP contribution in [0.25, 0.3) is 0 Å². The Morgan fingerprint density at radius 2 is 2.00 bits per heavy atom. The normalized spacial score (nSPS) is 29.5. The van der Waals surface area contributed by atoms with E-state index < -0.39 is 5.91 Å². The summed E-state index contributed by atoms with van der Waals surface area (Å²) >= 11 is 0. The number of hydroxylamine groups is 1. The van der Waals surface area contributed by atoms with E-state index in [-0.39, 0.29) is 5.91 Å². The van der Waals surface area contributed by atoms with Gasteiger partial charge in [-0.2, -0.15) is 0 Å². The number of nitrogens with zero attached hydrogens (tertiary/aromatic N) is 3. The predicted molar refractivity (Wildman–Crippen MR) is 104 cm³/mol. The predicted octanol–water partition coefficient (Wildman–Crippen LogP) is 2.13. The standard InChI is InChI=1S/C21H30N4O3/c1-3-17-9-20-16(8-15(10-22-20)21(27)23-28)12-24(17)11-14-6-18-4-5-19(7-14)25(18)13(2)26/h8,10,14,17-19,28H,3-7,9,11-12H2,1-2H3,(H,23,27)/t14?,17-,18?,19?/m0/s1. The number of piperidine rings is 1. The van der Waals surface area contributed by atoms with Crippen LogP contribution in [-0.2, 0) is 17.8 Å². The molecule has 3 aliphatic rings. The lowest BCUT2D eigenvalue weighted by molar-refractivity contribution is -0.134. The molecule has 0 spiro atoms. The summed E-state index contributed by atoms with van der Waals surface area (Å²) in [6.07, 6.45) is 7.99. The topological polar surface area (TPSA) is 85.8 Å². The summed E-state index contributed by atoms with van der Waals surface area (Å²) in [6.45, 7) is 5.74. The van der Waals surface area contributed by atoms with Crippen LogP contribution in [0.5, 0.6) is 0 Å². The highest BCUT2D eigenvalue weighted by molar-refractivity contribution is 5.93. The van der Waals surface area contributed by atoms with Crippen LogP contribution in [0, 0.1) is 5.92 Å². The number of aromatic nitrogens is 1. The van der Waals surface area contributed by atoms with E-state index in [0.29, 0.717) is 29.6 Å². The number of carbonyl (C=O) groups is 2. The second-order valence-electron chi connectivity index (χ2n) is 8.62. The van der Waals surface area contributed by atoms with Crippen molar-refractivity contribution in [3.05, 3.63) is 29.1 Å². The molecular formula is C21H30N4O3. The van der Waals surface area contributed by atoms with Gasteiger partial charge in [-0.1, -0.05) is 6.92 Å². The Kier molecular flexibility index (Phi) is 5.38. The summed E-state index contributed by atoms with van der Waals surface area (Å²) in [5.74, 6) is 0.318. The van der Waals surface area contributed by atoms with E-state index in [1.807, 2.05) is 6.07 Å². The van der Waals surface area contributed by atoms with Crippen LogP contribution in [0.1, 0.15) is 67.6 Å². The summed E-state index contributed by atoms with van der Waals surface area (Å²) in [4.78, 5) is 32.9. The van der Waals surface area contributed by atoms with E-state index >= 15 is 0 Å².